The molecule has 4 aromatic rings. The molecule has 0 saturated carbocycles. The fourth-order valence-electron chi connectivity index (χ4n) is 4.13. The van der Waals surface area contributed by atoms with Gasteiger partial charge in [0.2, 0.25) is 0 Å². The summed E-state index contributed by atoms with van der Waals surface area (Å²) in [6.45, 7) is 1.92. The number of fused-ring (bicyclic) bond motifs is 1. The molecule has 1 fully saturated rings. The second kappa shape index (κ2) is 9.19. The number of amides is 1. The second-order valence-electron chi connectivity index (χ2n) is 8.25. The van der Waals surface area contributed by atoms with Gasteiger partial charge in [0.15, 0.2) is 5.82 Å². The number of carbonyl (C=O) groups excluding carboxylic acids is 1. The minimum atomic E-state index is -4.43. The van der Waals surface area contributed by atoms with Gasteiger partial charge < -0.3 is 9.80 Å². The van der Waals surface area contributed by atoms with Crippen molar-refractivity contribution in [1.82, 2.24) is 14.9 Å². The van der Waals surface area contributed by atoms with Crippen LogP contribution in [0.15, 0.2) is 72.8 Å². The number of carbonyl (C=O) groups is 1. The van der Waals surface area contributed by atoms with Crippen LogP contribution in [-0.2, 0) is 6.18 Å². The van der Waals surface area contributed by atoms with Gasteiger partial charge in [0.25, 0.3) is 5.91 Å². The van der Waals surface area contributed by atoms with Gasteiger partial charge in [-0.25, -0.2) is 9.97 Å². The van der Waals surface area contributed by atoms with Crippen LogP contribution in [0.3, 0.4) is 0 Å². The zero-order valence-electron chi connectivity index (χ0n) is 18.5. The van der Waals surface area contributed by atoms with Gasteiger partial charge in [-0.05, 0) is 60.7 Å². The molecule has 0 radical (unpaired) electrons. The van der Waals surface area contributed by atoms with Gasteiger partial charge in [-0.2, -0.15) is 13.2 Å². The van der Waals surface area contributed by atoms with Gasteiger partial charge in [-0.15, -0.1) is 0 Å². The molecular weight excluding hydrogens is 477 g/mol. The maximum absolute atomic E-state index is 12.9. The van der Waals surface area contributed by atoms with Crippen molar-refractivity contribution in [3.8, 4) is 11.4 Å². The van der Waals surface area contributed by atoms with Gasteiger partial charge in [0, 0.05) is 47.7 Å². The minimum Gasteiger partial charge on any atom is -0.352 e. The van der Waals surface area contributed by atoms with Crippen molar-refractivity contribution < 1.29 is 18.0 Å². The number of nitrogens with zero attached hydrogens (tertiary/aromatic N) is 4. The highest BCUT2D eigenvalue weighted by atomic mass is 35.5. The Morgan fingerprint density at radius 2 is 1.49 bits per heavy atom. The van der Waals surface area contributed by atoms with Crippen molar-refractivity contribution in [3.63, 3.8) is 0 Å². The SMILES string of the molecule is O=C(c1ccc(C(F)(F)F)cc1)N1CCN(c2nc(-c3ccc(Cl)cc3)nc3ccccc23)CC1. The minimum absolute atomic E-state index is 0.240. The van der Waals surface area contributed by atoms with E-state index in [-0.39, 0.29) is 11.5 Å². The standard InChI is InChI=1S/C26H20ClF3N4O/c27-20-11-7-17(8-12-20)23-31-22-4-2-1-3-21(22)24(32-23)33-13-15-34(16-14-33)25(35)18-5-9-19(10-6-18)26(28,29)30/h1-12H,13-16H2. The molecule has 1 aliphatic rings. The van der Waals surface area contributed by atoms with E-state index in [1.807, 2.05) is 36.4 Å². The number of hydrogen-bond acceptors (Lipinski definition) is 4. The molecule has 1 saturated heterocycles. The van der Waals surface area contributed by atoms with E-state index < -0.39 is 11.7 Å². The average molecular weight is 497 g/mol. The summed E-state index contributed by atoms with van der Waals surface area (Å²) in [4.78, 5) is 26.2. The molecule has 5 rings (SSSR count). The van der Waals surface area contributed by atoms with E-state index >= 15 is 0 Å². The number of para-hydroxylation sites is 1. The molecule has 178 valence electrons. The normalized spacial score (nSPS) is 14.4. The third-order valence-electron chi connectivity index (χ3n) is 6.01. The summed E-state index contributed by atoms with van der Waals surface area (Å²) in [6, 6.07) is 19.4. The smallest absolute Gasteiger partial charge is 0.352 e. The summed E-state index contributed by atoms with van der Waals surface area (Å²) in [5, 5.41) is 1.54. The summed E-state index contributed by atoms with van der Waals surface area (Å²) in [6.07, 6.45) is -4.43. The Bertz CT molecular complexity index is 1370. The number of piperazine rings is 1. The molecule has 1 amide bonds. The lowest BCUT2D eigenvalue weighted by molar-refractivity contribution is -0.137. The predicted molar refractivity (Wildman–Crippen MR) is 130 cm³/mol. The van der Waals surface area contributed by atoms with Gasteiger partial charge in [0.1, 0.15) is 5.82 Å². The van der Waals surface area contributed by atoms with E-state index in [0.29, 0.717) is 37.0 Å². The third-order valence-corrected chi connectivity index (χ3v) is 6.26. The van der Waals surface area contributed by atoms with Crippen LogP contribution in [-0.4, -0.2) is 47.0 Å². The number of benzene rings is 3. The lowest BCUT2D eigenvalue weighted by atomic mass is 10.1. The molecule has 0 spiro atoms. The number of halogens is 4. The number of rotatable bonds is 3. The van der Waals surface area contributed by atoms with Crippen molar-refractivity contribution in [1.29, 1.82) is 0 Å². The first-order valence-electron chi connectivity index (χ1n) is 11.0. The Balaban J connectivity index is 1.37. The number of anilines is 1. The zero-order valence-corrected chi connectivity index (χ0v) is 19.2. The molecule has 0 atom stereocenters. The lowest BCUT2D eigenvalue weighted by Gasteiger charge is -2.36. The number of aromatic nitrogens is 2. The van der Waals surface area contributed by atoms with Crippen molar-refractivity contribution in [2.24, 2.45) is 0 Å². The Morgan fingerprint density at radius 1 is 0.829 bits per heavy atom. The van der Waals surface area contributed by atoms with Crippen molar-refractivity contribution in [2.45, 2.75) is 6.18 Å². The molecule has 0 aliphatic carbocycles. The number of hydrogen-bond donors (Lipinski definition) is 0. The van der Waals surface area contributed by atoms with E-state index in [4.69, 9.17) is 21.6 Å². The Hall–Kier alpha value is -3.65. The summed E-state index contributed by atoms with van der Waals surface area (Å²) in [5.41, 5.74) is 1.12. The van der Waals surface area contributed by atoms with Gasteiger partial charge in [-0.1, -0.05) is 23.7 Å². The predicted octanol–water partition coefficient (Wildman–Crippen LogP) is 5.93. The topological polar surface area (TPSA) is 49.3 Å². The van der Waals surface area contributed by atoms with E-state index in [9.17, 15) is 18.0 Å². The monoisotopic (exact) mass is 496 g/mol. The van der Waals surface area contributed by atoms with Gasteiger partial charge in [-0.3, -0.25) is 4.79 Å². The highest BCUT2D eigenvalue weighted by molar-refractivity contribution is 6.30. The molecule has 1 aliphatic heterocycles. The molecule has 2 heterocycles. The molecule has 0 bridgehead atoms. The molecule has 9 heteroatoms. The Kier molecular flexibility index (Phi) is 6.06. The first-order valence-corrected chi connectivity index (χ1v) is 11.4. The molecule has 0 N–H and O–H groups in total. The summed E-state index contributed by atoms with van der Waals surface area (Å²) in [7, 11) is 0. The van der Waals surface area contributed by atoms with E-state index in [1.54, 1.807) is 17.0 Å². The van der Waals surface area contributed by atoms with Crippen LogP contribution in [0.5, 0.6) is 0 Å². The number of alkyl halides is 3. The largest absolute Gasteiger partial charge is 0.416 e. The van der Waals surface area contributed by atoms with Gasteiger partial charge in [0.05, 0.1) is 11.1 Å². The molecule has 0 unspecified atom stereocenters. The van der Waals surface area contributed by atoms with Crippen LogP contribution in [0.4, 0.5) is 19.0 Å². The van der Waals surface area contributed by atoms with Crippen molar-refractivity contribution in [3.05, 3.63) is 88.9 Å². The maximum atomic E-state index is 12.9. The summed E-state index contributed by atoms with van der Waals surface area (Å²) >= 11 is 6.03. The van der Waals surface area contributed by atoms with Crippen LogP contribution in [0.25, 0.3) is 22.3 Å². The lowest BCUT2D eigenvalue weighted by Crippen LogP contribution is -2.49. The molecular formula is C26H20ClF3N4O. The second-order valence-corrected chi connectivity index (χ2v) is 8.69. The van der Waals surface area contributed by atoms with Gasteiger partial charge >= 0.3 is 6.18 Å². The molecule has 3 aromatic carbocycles. The quantitative estimate of drug-likeness (QED) is 0.352. The van der Waals surface area contributed by atoms with Crippen LogP contribution < -0.4 is 4.90 Å². The summed E-state index contributed by atoms with van der Waals surface area (Å²) < 4.78 is 38.5. The first-order chi connectivity index (χ1) is 16.8. The molecule has 1 aromatic heterocycles. The highest BCUT2D eigenvalue weighted by Crippen LogP contribution is 2.30. The van der Waals surface area contributed by atoms with E-state index in [1.165, 1.54) is 12.1 Å². The van der Waals surface area contributed by atoms with Crippen LogP contribution in [0.2, 0.25) is 5.02 Å². The zero-order chi connectivity index (χ0) is 24.6. The van der Waals surface area contributed by atoms with Crippen LogP contribution in [0.1, 0.15) is 15.9 Å². The van der Waals surface area contributed by atoms with Crippen LogP contribution in [0, 0.1) is 0 Å². The Labute approximate surface area is 204 Å². The molecule has 35 heavy (non-hydrogen) atoms. The van der Waals surface area contributed by atoms with E-state index in [2.05, 4.69) is 4.90 Å². The first kappa shape index (κ1) is 23.1. The fraction of sp³-hybridized carbons (Fsp3) is 0.192. The fourth-order valence-corrected chi connectivity index (χ4v) is 4.26. The molecule has 5 nitrogen and oxygen atoms in total. The average Bonchev–Trinajstić information content (AvgIpc) is 2.88. The van der Waals surface area contributed by atoms with Crippen molar-refractivity contribution >= 4 is 34.2 Å². The maximum Gasteiger partial charge on any atom is 0.416 e. The Morgan fingerprint density at radius 3 is 2.14 bits per heavy atom. The van der Waals surface area contributed by atoms with Crippen molar-refractivity contribution in [2.75, 3.05) is 31.1 Å². The third kappa shape index (κ3) is 4.79. The highest BCUT2D eigenvalue weighted by Gasteiger charge is 2.31. The van der Waals surface area contributed by atoms with E-state index in [0.717, 1.165) is 34.4 Å². The summed E-state index contributed by atoms with van der Waals surface area (Å²) in [5.74, 6) is 1.08. The van der Waals surface area contributed by atoms with Crippen LogP contribution >= 0.6 is 11.6 Å².